The molecular weight excluding hydrogens is 548 g/mol. The van der Waals surface area contributed by atoms with Crippen molar-refractivity contribution in [1.29, 1.82) is 0 Å². The fraction of sp³-hybridized carbons (Fsp3) is 0.590. The Labute approximate surface area is 266 Å². The van der Waals surface area contributed by atoms with Crippen LogP contribution in [0.5, 0.6) is 5.75 Å². The summed E-state index contributed by atoms with van der Waals surface area (Å²) in [6, 6.07) is 17.5. The maximum atomic E-state index is 12.5. The Balaban J connectivity index is 1.20. The topological polar surface area (TPSA) is 61.8 Å². The number of carbonyl (C=O) groups excluding carboxylic acids is 2. The van der Waals surface area contributed by atoms with Crippen LogP contribution in [0.3, 0.4) is 0 Å². The second-order valence-corrected chi connectivity index (χ2v) is 12.4. The molecule has 0 N–H and O–H groups in total. The van der Waals surface area contributed by atoms with E-state index in [1.165, 1.54) is 74.5 Å². The molecule has 2 aromatic carbocycles. The summed E-state index contributed by atoms with van der Waals surface area (Å²) < 4.78 is 16.5. The lowest BCUT2D eigenvalue weighted by Crippen LogP contribution is -2.31. The minimum absolute atomic E-state index is 0.174. The van der Waals surface area contributed by atoms with Crippen molar-refractivity contribution in [1.82, 2.24) is 0 Å². The Bertz CT molecular complexity index is 1120. The summed E-state index contributed by atoms with van der Waals surface area (Å²) in [7, 11) is 0. The van der Waals surface area contributed by atoms with Crippen molar-refractivity contribution in [3.63, 3.8) is 0 Å². The Morgan fingerprint density at radius 1 is 0.773 bits per heavy atom. The molecule has 1 fully saturated rings. The molecule has 242 valence electrons. The molecular formula is C39H56O5. The summed E-state index contributed by atoms with van der Waals surface area (Å²) in [5.74, 6) is 0.441. The third-order valence-corrected chi connectivity index (χ3v) is 9.00. The van der Waals surface area contributed by atoms with Crippen LogP contribution in [-0.4, -0.2) is 31.8 Å². The van der Waals surface area contributed by atoms with Gasteiger partial charge < -0.3 is 14.2 Å². The zero-order chi connectivity index (χ0) is 31.6. The normalized spacial score (nSPS) is 17.9. The lowest BCUT2D eigenvalue weighted by molar-refractivity contribution is -0.165. The fourth-order valence-corrected chi connectivity index (χ4v) is 5.93. The van der Waals surface area contributed by atoms with E-state index in [0.717, 1.165) is 38.0 Å². The zero-order valence-corrected chi connectivity index (χ0v) is 27.6. The number of hydrogen-bond donors (Lipinski definition) is 0. The van der Waals surface area contributed by atoms with Gasteiger partial charge in [0.15, 0.2) is 5.41 Å². The summed E-state index contributed by atoms with van der Waals surface area (Å²) in [5, 5.41) is 0. The fourth-order valence-electron chi connectivity index (χ4n) is 5.93. The highest BCUT2D eigenvalue weighted by Gasteiger charge is 2.67. The van der Waals surface area contributed by atoms with Gasteiger partial charge in [-0.2, -0.15) is 0 Å². The van der Waals surface area contributed by atoms with Crippen LogP contribution in [0.1, 0.15) is 122 Å². The third kappa shape index (κ3) is 10.8. The molecule has 44 heavy (non-hydrogen) atoms. The molecule has 1 aliphatic carbocycles. The number of ether oxygens (including phenoxy) is 3. The van der Waals surface area contributed by atoms with Crippen LogP contribution >= 0.6 is 0 Å². The number of carbonyl (C=O) groups is 2. The van der Waals surface area contributed by atoms with Crippen LogP contribution in [-0.2, 0) is 19.1 Å². The van der Waals surface area contributed by atoms with Crippen molar-refractivity contribution in [3.05, 3.63) is 66.7 Å². The van der Waals surface area contributed by atoms with E-state index in [4.69, 9.17) is 14.2 Å². The second-order valence-electron chi connectivity index (χ2n) is 12.4. The molecule has 3 rings (SSSR count). The lowest BCUT2D eigenvalue weighted by atomic mass is 9.93. The Morgan fingerprint density at radius 2 is 1.32 bits per heavy atom. The third-order valence-electron chi connectivity index (χ3n) is 9.00. The van der Waals surface area contributed by atoms with Gasteiger partial charge in [-0.3, -0.25) is 9.59 Å². The molecule has 0 bridgehead atoms. The van der Waals surface area contributed by atoms with E-state index >= 15 is 0 Å². The smallest absolute Gasteiger partial charge is 0.324 e. The van der Waals surface area contributed by atoms with Crippen LogP contribution in [0.25, 0.3) is 11.1 Å². The predicted octanol–water partition coefficient (Wildman–Crippen LogP) is 10.2. The first-order chi connectivity index (χ1) is 21.5. The van der Waals surface area contributed by atoms with E-state index in [0.29, 0.717) is 18.9 Å². The number of esters is 2. The van der Waals surface area contributed by atoms with Crippen molar-refractivity contribution < 1.29 is 23.8 Å². The maximum absolute atomic E-state index is 12.5. The van der Waals surface area contributed by atoms with Crippen molar-refractivity contribution in [2.75, 3.05) is 19.8 Å². The van der Waals surface area contributed by atoms with E-state index in [1.54, 1.807) is 13.0 Å². The van der Waals surface area contributed by atoms with Crippen LogP contribution in [0.2, 0.25) is 0 Å². The van der Waals surface area contributed by atoms with Gasteiger partial charge >= 0.3 is 11.9 Å². The van der Waals surface area contributed by atoms with Gasteiger partial charge in [0.25, 0.3) is 0 Å². The number of unbranched alkanes of at least 4 members (excludes halogenated alkanes) is 10. The molecule has 0 saturated heterocycles. The molecule has 0 radical (unpaired) electrons. The van der Waals surface area contributed by atoms with Crippen molar-refractivity contribution in [3.8, 4) is 16.9 Å². The van der Waals surface area contributed by atoms with Gasteiger partial charge in [-0.15, -0.1) is 6.58 Å². The average Bonchev–Trinajstić information content (AvgIpc) is 3.80. The molecule has 1 aliphatic rings. The first kappa shape index (κ1) is 35.4. The van der Waals surface area contributed by atoms with Gasteiger partial charge in [-0.1, -0.05) is 121 Å². The highest BCUT2D eigenvalue weighted by atomic mass is 16.6. The Morgan fingerprint density at radius 3 is 1.89 bits per heavy atom. The van der Waals surface area contributed by atoms with Crippen LogP contribution < -0.4 is 4.74 Å². The van der Waals surface area contributed by atoms with Crippen molar-refractivity contribution in [2.45, 2.75) is 117 Å². The van der Waals surface area contributed by atoms with E-state index < -0.39 is 17.4 Å². The molecule has 0 amide bonds. The predicted molar refractivity (Wildman–Crippen MR) is 180 cm³/mol. The number of allylic oxidation sites excluding steroid dienone is 1. The summed E-state index contributed by atoms with van der Waals surface area (Å²) in [5.41, 5.74) is 2.76. The molecule has 0 aliphatic heterocycles. The molecule has 0 heterocycles. The number of hydrogen-bond acceptors (Lipinski definition) is 5. The molecule has 3 unspecified atom stereocenters. The first-order valence-electron chi connectivity index (χ1n) is 17.3. The quantitative estimate of drug-likeness (QED) is 0.0547. The van der Waals surface area contributed by atoms with Gasteiger partial charge in [0.1, 0.15) is 5.75 Å². The van der Waals surface area contributed by atoms with Crippen LogP contribution in [0.15, 0.2) is 61.2 Å². The highest BCUT2D eigenvalue weighted by molar-refractivity contribution is 6.04. The minimum atomic E-state index is -1.15. The monoisotopic (exact) mass is 604 g/mol. The van der Waals surface area contributed by atoms with Gasteiger partial charge in [0, 0.05) is 5.92 Å². The largest absolute Gasteiger partial charge is 0.494 e. The van der Waals surface area contributed by atoms with E-state index in [1.807, 2.05) is 0 Å². The van der Waals surface area contributed by atoms with E-state index in [9.17, 15) is 9.59 Å². The summed E-state index contributed by atoms with van der Waals surface area (Å²) in [4.78, 5) is 24.8. The Hall–Kier alpha value is -3.08. The molecule has 2 aromatic rings. The summed E-state index contributed by atoms with van der Waals surface area (Å²) in [6.07, 6.45) is 17.4. The van der Waals surface area contributed by atoms with E-state index in [-0.39, 0.29) is 12.5 Å². The second kappa shape index (κ2) is 19.3. The average molecular weight is 605 g/mol. The zero-order valence-electron chi connectivity index (χ0n) is 27.6. The highest BCUT2D eigenvalue weighted by Crippen LogP contribution is 2.55. The van der Waals surface area contributed by atoms with Crippen LogP contribution in [0.4, 0.5) is 0 Å². The summed E-state index contributed by atoms with van der Waals surface area (Å²) >= 11 is 0. The lowest BCUT2D eigenvalue weighted by Gasteiger charge is -2.14. The van der Waals surface area contributed by atoms with Crippen LogP contribution in [0, 0.1) is 11.3 Å². The van der Waals surface area contributed by atoms with Crippen molar-refractivity contribution in [2.24, 2.45) is 11.3 Å². The Kier molecular flexibility index (Phi) is 15.6. The molecule has 5 nitrogen and oxygen atoms in total. The van der Waals surface area contributed by atoms with Gasteiger partial charge in [-0.05, 0) is 67.3 Å². The maximum Gasteiger partial charge on any atom is 0.324 e. The standard InChI is InChI=1S/C39H56O5/c1-5-8-9-16-19-31(4)32-20-22-33(23-21-32)34-24-26-36(27-25-34)43-28-17-14-12-10-11-13-15-18-29-44-38(41)39(30-35(39)6-2)37(40)42-7-3/h6,20-27,31,35H,2,5,7-19,28-30H2,1,3-4H3. The number of rotatable bonds is 23. The minimum Gasteiger partial charge on any atom is -0.494 e. The van der Waals surface area contributed by atoms with E-state index in [2.05, 4.69) is 69.0 Å². The molecule has 0 aromatic heterocycles. The SMILES string of the molecule is C=CC1CC1(C(=O)OCC)C(=O)OCCCCCCCCCCOc1ccc(-c2ccc(C(C)CCCCCC)cc2)cc1. The molecule has 0 spiro atoms. The first-order valence-corrected chi connectivity index (χ1v) is 17.3. The van der Waals surface area contributed by atoms with Gasteiger partial charge in [0.2, 0.25) is 0 Å². The van der Waals surface area contributed by atoms with Gasteiger partial charge in [-0.25, -0.2) is 0 Å². The molecule has 3 atom stereocenters. The molecule has 1 saturated carbocycles. The van der Waals surface area contributed by atoms with Gasteiger partial charge in [0.05, 0.1) is 19.8 Å². The van der Waals surface area contributed by atoms with Crippen molar-refractivity contribution >= 4 is 11.9 Å². The summed E-state index contributed by atoms with van der Waals surface area (Å²) in [6.45, 7) is 11.4. The number of benzene rings is 2. The molecule has 5 heteroatoms.